The molecule has 60 heavy (non-hydrogen) atoms. The fourth-order valence-electron chi connectivity index (χ4n) is 10.3. The maximum absolute atomic E-state index is 13.6. The molecule has 0 bridgehead atoms. The van der Waals surface area contributed by atoms with Crippen LogP contribution in [0.4, 0.5) is 21.0 Å². The molecule has 20 heteroatoms. The van der Waals surface area contributed by atoms with Gasteiger partial charge in [-0.25, -0.2) is 45.2 Å². The van der Waals surface area contributed by atoms with E-state index in [9.17, 15) is 26.4 Å². The van der Waals surface area contributed by atoms with Crippen molar-refractivity contribution in [1.82, 2.24) is 34.3 Å². The third-order valence-corrected chi connectivity index (χ3v) is 15.8. The molecule has 4 unspecified atom stereocenters. The highest BCUT2D eigenvalue weighted by Gasteiger charge is 2.40. The van der Waals surface area contributed by atoms with Gasteiger partial charge in [0, 0.05) is 18.5 Å². The van der Waals surface area contributed by atoms with Crippen LogP contribution in [0.2, 0.25) is 0 Å². The van der Waals surface area contributed by atoms with Crippen molar-refractivity contribution in [2.75, 3.05) is 38.0 Å². The minimum absolute atomic E-state index is 0.0211. The van der Waals surface area contributed by atoms with Gasteiger partial charge in [-0.05, 0) is 128 Å². The molecule has 4 amide bonds. The number of benzene rings is 2. The summed E-state index contributed by atoms with van der Waals surface area (Å²) in [5, 5.41) is 17.4. The van der Waals surface area contributed by atoms with Crippen LogP contribution in [-0.2, 0) is 82.8 Å². The van der Waals surface area contributed by atoms with E-state index in [-0.39, 0.29) is 58.7 Å². The van der Waals surface area contributed by atoms with Gasteiger partial charge in [0.2, 0.25) is 11.8 Å². The van der Waals surface area contributed by atoms with Gasteiger partial charge in [0.25, 0.3) is 20.0 Å². The van der Waals surface area contributed by atoms with E-state index in [0.717, 1.165) is 91.2 Å². The third kappa shape index (κ3) is 6.67. The van der Waals surface area contributed by atoms with Crippen LogP contribution < -0.4 is 34.9 Å². The number of methoxy groups -OCH3 is 1. The van der Waals surface area contributed by atoms with Crippen LogP contribution in [0, 0.1) is 5.92 Å². The van der Waals surface area contributed by atoms with Gasteiger partial charge in [-0.2, -0.15) is 10.2 Å². The molecule has 0 radical (unpaired) electrons. The van der Waals surface area contributed by atoms with E-state index < -0.39 is 32.1 Å². The number of anilines is 2. The van der Waals surface area contributed by atoms with Gasteiger partial charge in [0.05, 0.1) is 31.5 Å². The SMILES string of the molecule is CNC1COc2c(S(=O)(=O)NC(=O)Nc3c4c(cc5c3CCC5C3Cc5cc6c(c(NC(=O)NS(=O)(=O)c7cnn8c7OCC(OC)C8)c5C3)CCC6)CCC4)cnn2C1. The first-order valence-corrected chi connectivity index (χ1v) is 23.5. The maximum Gasteiger partial charge on any atom is 0.333 e. The number of ether oxygens (including phenoxy) is 3. The van der Waals surface area contributed by atoms with E-state index in [2.05, 4.69) is 47.7 Å². The maximum atomic E-state index is 13.6. The van der Waals surface area contributed by atoms with Gasteiger partial charge < -0.3 is 30.2 Å². The lowest BCUT2D eigenvalue weighted by atomic mass is 9.84. The lowest BCUT2D eigenvalue weighted by molar-refractivity contribution is 0.0165. The van der Waals surface area contributed by atoms with Gasteiger partial charge >= 0.3 is 12.1 Å². The van der Waals surface area contributed by atoms with Crippen LogP contribution in [0.25, 0.3) is 0 Å². The number of nitrogens with one attached hydrogen (secondary N) is 5. The number of fused-ring (bicyclic) bond motifs is 6. The number of aromatic nitrogens is 4. The number of carbonyl (C=O) groups is 2. The van der Waals surface area contributed by atoms with Crippen molar-refractivity contribution >= 4 is 43.5 Å². The normalized spacial score (nSPS) is 22.4. The highest BCUT2D eigenvalue weighted by atomic mass is 32.2. The summed E-state index contributed by atoms with van der Waals surface area (Å²) in [5.41, 5.74) is 10.2. The van der Waals surface area contributed by atoms with E-state index in [1.54, 1.807) is 14.2 Å². The summed E-state index contributed by atoms with van der Waals surface area (Å²) in [6.45, 7) is 1.19. The number of likely N-dealkylation sites (N-methyl/N-ethyl adjacent to an activating group) is 1. The average molecular weight is 862 g/mol. The van der Waals surface area contributed by atoms with Crippen molar-refractivity contribution in [1.29, 1.82) is 0 Å². The Labute approximate surface area is 347 Å². The van der Waals surface area contributed by atoms with E-state index in [0.29, 0.717) is 30.9 Å². The van der Waals surface area contributed by atoms with Crippen molar-refractivity contribution in [2.45, 2.75) is 105 Å². The number of aryl methyl sites for hydroxylation is 2. The van der Waals surface area contributed by atoms with Crippen LogP contribution in [0.5, 0.6) is 11.8 Å². The summed E-state index contributed by atoms with van der Waals surface area (Å²) in [6, 6.07) is 2.84. The van der Waals surface area contributed by atoms with Crippen molar-refractivity contribution in [3.8, 4) is 11.8 Å². The van der Waals surface area contributed by atoms with Crippen molar-refractivity contribution in [2.24, 2.45) is 5.92 Å². The molecule has 0 spiro atoms. The number of nitrogens with zero attached hydrogens (tertiary/aromatic N) is 4. The molecule has 0 saturated heterocycles. The predicted octanol–water partition coefficient (Wildman–Crippen LogP) is 2.91. The molecule has 4 atom stereocenters. The zero-order valence-corrected chi connectivity index (χ0v) is 34.9. The first-order valence-electron chi connectivity index (χ1n) is 20.5. The molecule has 6 aliphatic rings. The van der Waals surface area contributed by atoms with Crippen LogP contribution in [0.15, 0.2) is 34.3 Å². The summed E-state index contributed by atoms with van der Waals surface area (Å²) >= 11 is 0. The Morgan fingerprint density at radius 3 is 1.97 bits per heavy atom. The molecule has 4 aliphatic carbocycles. The lowest BCUT2D eigenvalue weighted by Crippen LogP contribution is -2.40. The molecule has 4 heterocycles. The van der Waals surface area contributed by atoms with Crippen LogP contribution in [0.1, 0.15) is 69.7 Å². The second-order valence-corrected chi connectivity index (χ2v) is 19.9. The van der Waals surface area contributed by atoms with Gasteiger partial charge in [-0.15, -0.1) is 0 Å². The quantitative estimate of drug-likeness (QED) is 0.164. The van der Waals surface area contributed by atoms with E-state index in [1.807, 2.05) is 0 Å². The van der Waals surface area contributed by atoms with Gasteiger partial charge in [-0.1, -0.05) is 12.1 Å². The second-order valence-electron chi connectivity index (χ2n) is 16.6. The monoisotopic (exact) mass is 861 g/mol. The minimum atomic E-state index is -4.32. The Morgan fingerprint density at radius 1 is 0.733 bits per heavy atom. The number of urea groups is 2. The van der Waals surface area contributed by atoms with E-state index >= 15 is 0 Å². The number of rotatable bonds is 9. The summed E-state index contributed by atoms with van der Waals surface area (Å²) in [5.74, 6) is 0.514. The topological polar surface area (TPSA) is 226 Å². The summed E-state index contributed by atoms with van der Waals surface area (Å²) in [7, 11) is -5.29. The molecule has 2 aliphatic heterocycles. The smallest absolute Gasteiger partial charge is 0.333 e. The minimum Gasteiger partial charge on any atom is -0.475 e. The van der Waals surface area contributed by atoms with Gasteiger partial charge in [0.15, 0.2) is 9.79 Å². The van der Waals surface area contributed by atoms with Crippen molar-refractivity contribution in [3.05, 3.63) is 69.0 Å². The molecule has 5 N–H and O–H groups in total. The fourth-order valence-corrected chi connectivity index (χ4v) is 12.2. The average Bonchev–Trinajstić information content (AvgIpc) is 4.07. The molecular formula is C40H47N9O9S2. The Balaban J connectivity index is 0.877. The Kier molecular flexibility index (Phi) is 9.60. The fraction of sp³-hybridized carbons (Fsp3) is 0.500. The van der Waals surface area contributed by atoms with E-state index in [1.165, 1.54) is 32.9 Å². The molecule has 0 saturated carbocycles. The first kappa shape index (κ1) is 39.0. The van der Waals surface area contributed by atoms with Crippen LogP contribution in [-0.4, -0.2) is 88.0 Å². The molecule has 0 fully saturated rings. The number of hydrogen-bond donors (Lipinski definition) is 5. The number of sulfonamides is 2. The Morgan fingerprint density at radius 2 is 1.33 bits per heavy atom. The van der Waals surface area contributed by atoms with Crippen molar-refractivity contribution in [3.63, 3.8) is 0 Å². The summed E-state index contributed by atoms with van der Waals surface area (Å²) < 4.78 is 78.0. The number of carbonyl (C=O) groups excluding carboxylic acids is 2. The zero-order chi connectivity index (χ0) is 41.5. The predicted molar refractivity (Wildman–Crippen MR) is 217 cm³/mol. The van der Waals surface area contributed by atoms with Gasteiger partial charge in [0.1, 0.15) is 19.3 Å². The summed E-state index contributed by atoms with van der Waals surface area (Å²) in [6.07, 6.45) is 10.3. The molecular weight excluding hydrogens is 815 g/mol. The lowest BCUT2D eigenvalue weighted by Gasteiger charge is -2.24. The third-order valence-electron chi connectivity index (χ3n) is 13.1. The first-order chi connectivity index (χ1) is 28.9. The van der Waals surface area contributed by atoms with E-state index in [4.69, 9.17) is 14.2 Å². The highest BCUT2D eigenvalue weighted by Crippen LogP contribution is 2.51. The molecule has 2 aromatic heterocycles. The van der Waals surface area contributed by atoms with Crippen LogP contribution >= 0.6 is 0 Å². The highest BCUT2D eigenvalue weighted by molar-refractivity contribution is 7.90. The van der Waals surface area contributed by atoms with Gasteiger partial charge in [-0.3, -0.25) is 0 Å². The van der Waals surface area contributed by atoms with Crippen molar-refractivity contribution < 1.29 is 40.6 Å². The zero-order valence-electron chi connectivity index (χ0n) is 33.3. The molecule has 10 rings (SSSR count). The number of hydrogen-bond acceptors (Lipinski definition) is 12. The number of amides is 4. The van der Waals surface area contributed by atoms with Crippen LogP contribution in [0.3, 0.4) is 0 Å². The standard InChI is InChI=1S/C40H47N9O9S2/c1-41-25-17-48-37(57-19-25)33(15-42-48)59(52,53)46-39(50)44-35-29-8-4-6-22(29)13-32-27(9-10-30(32)35)24-12-23-11-21-5-3-7-28(21)36(31(23)14-24)45-40(51)47-60(54,55)34-16-43-49-18-26(56-2)20-58-38(34)49/h11,13,15-16,24-27,41H,3-10,12,14,17-20H2,1-2H3,(H2,44,46,50)(H2,45,47,51). The molecule has 18 nitrogen and oxygen atoms in total. The molecule has 4 aromatic rings. The molecule has 318 valence electrons. The Hall–Kier alpha value is -5.18. The largest absolute Gasteiger partial charge is 0.475 e. The second kappa shape index (κ2) is 14.8. The molecule has 2 aromatic carbocycles. The Bertz CT molecular complexity index is 2680. The summed E-state index contributed by atoms with van der Waals surface area (Å²) in [4.78, 5) is 26.7.